The quantitative estimate of drug-likeness (QED) is 0.466. The lowest BCUT2D eigenvalue weighted by Crippen LogP contribution is -2.30. The topological polar surface area (TPSA) is 20.3 Å². The molecule has 0 aliphatic rings. The van der Waals surface area contributed by atoms with Gasteiger partial charge in [-0.2, -0.15) is 11.8 Å². The monoisotopic (exact) mass is 187 g/mol. The Bertz CT molecular complexity index is 147. The van der Waals surface area contributed by atoms with Crippen LogP contribution >= 0.6 is 11.8 Å². The summed E-state index contributed by atoms with van der Waals surface area (Å²) in [6.07, 6.45) is 4.52. The van der Waals surface area contributed by atoms with Gasteiger partial charge in [0.2, 0.25) is 5.91 Å². The molecule has 0 aliphatic heterocycles. The normalized spacial score (nSPS) is 9.50. The third-order valence-corrected chi connectivity index (χ3v) is 2.34. The van der Waals surface area contributed by atoms with Crippen molar-refractivity contribution in [2.45, 2.75) is 13.3 Å². The number of hydrogen-bond acceptors (Lipinski definition) is 2. The fourth-order valence-corrected chi connectivity index (χ4v) is 1.37. The van der Waals surface area contributed by atoms with E-state index in [4.69, 9.17) is 0 Å². The predicted molar refractivity (Wildman–Crippen MR) is 55.5 cm³/mol. The van der Waals surface area contributed by atoms with Crippen molar-refractivity contribution in [1.82, 2.24) is 4.90 Å². The van der Waals surface area contributed by atoms with Gasteiger partial charge in [-0.25, -0.2) is 0 Å². The summed E-state index contributed by atoms with van der Waals surface area (Å²) in [5.41, 5.74) is 0. The standard InChI is InChI=1S/C9H17NOS/c1-4-9(11)10(5-2)7-6-8-12-3/h4H,1,5-8H2,2-3H3. The Kier molecular flexibility index (Phi) is 6.96. The highest BCUT2D eigenvalue weighted by atomic mass is 32.2. The summed E-state index contributed by atoms with van der Waals surface area (Å²) in [6.45, 7) is 7.07. The van der Waals surface area contributed by atoms with Crippen LogP contribution in [0.5, 0.6) is 0 Å². The summed E-state index contributed by atoms with van der Waals surface area (Å²) in [6, 6.07) is 0. The minimum Gasteiger partial charge on any atom is -0.339 e. The molecule has 0 spiro atoms. The molecule has 0 radical (unpaired) electrons. The summed E-state index contributed by atoms with van der Waals surface area (Å²) in [5, 5.41) is 0. The number of hydrogen-bond donors (Lipinski definition) is 0. The lowest BCUT2D eigenvalue weighted by atomic mass is 10.4. The summed E-state index contributed by atoms with van der Waals surface area (Å²) in [7, 11) is 0. The zero-order valence-corrected chi connectivity index (χ0v) is 8.69. The molecular weight excluding hydrogens is 170 g/mol. The first-order valence-corrected chi connectivity index (χ1v) is 5.55. The molecular formula is C9H17NOS. The van der Waals surface area contributed by atoms with Crippen molar-refractivity contribution in [3.05, 3.63) is 12.7 Å². The average Bonchev–Trinajstić information content (AvgIpc) is 2.11. The highest BCUT2D eigenvalue weighted by Gasteiger charge is 2.05. The molecule has 12 heavy (non-hydrogen) atoms. The Labute approximate surface area is 79.0 Å². The molecule has 1 amide bonds. The number of carbonyl (C=O) groups is 1. The van der Waals surface area contributed by atoms with Crippen molar-refractivity contribution in [3.63, 3.8) is 0 Å². The second kappa shape index (κ2) is 7.22. The van der Waals surface area contributed by atoms with Gasteiger partial charge in [0.25, 0.3) is 0 Å². The van der Waals surface area contributed by atoms with Crippen LogP contribution in [0.15, 0.2) is 12.7 Å². The van der Waals surface area contributed by atoms with Gasteiger partial charge in [0.1, 0.15) is 0 Å². The number of carbonyl (C=O) groups excluding carboxylic acids is 1. The summed E-state index contributed by atoms with van der Waals surface area (Å²) in [4.78, 5) is 12.9. The van der Waals surface area contributed by atoms with Gasteiger partial charge in [-0.1, -0.05) is 6.58 Å². The molecule has 70 valence electrons. The van der Waals surface area contributed by atoms with Crippen molar-refractivity contribution in [1.29, 1.82) is 0 Å². The van der Waals surface area contributed by atoms with E-state index in [1.165, 1.54) is 6.08 Å². The van der Waals surface area contributed by atoms with E-state index in [1.54, 1.807) is 0 Å². The first kappa shape index (κ1) is 11.6. The molecule has 0 rings (SSSR count). The van der Waals surface area contributed by atoms with Crippen LogP contribution in [0.25, 0.3) is 0 Å². The Hall–Kier alpha value is -0.440. The molecule has 0 heterocycles. The maximum Gasteiger partial charge on any atom is 0.245 e. The van der Waals surface area contributed by atoms with Crippen LogP contribution in [0, 0.1) is 0 Å². The maximum absolute atomic E-state index is 11.1. The first-order valence-electron chi connectivity index (χ1n) is 4.16. The Balaban J connectivity index is 3.67. The number of nitrogens with zero attached hydrogens (tertiary/aromatic N) is 1. The molecule has 0 aromatic rings. The van der Waals surface area contributed by atoms with Gasteiger partial charge in [-0.15, -0.1) is 0 Å². The van der Waals surface area contributed by atoms with Crippen LogP contribution in [0.1, 0.15) is 13.3 Å². The largest absolute Gasteiger partial charge is 0.339 e. The van der Waals surface area contributed by atoms with Gasteiger partial charge in [-0.05, 0) is 31.4 Å². The average molecular weight is 187 g/mol. The van der Waals surface area contributed by atoms with Gasteiger partial charge in [0, 0.05) is 13.1 Å². The van der Waals surface area contributed by atoms with Crippen molar-refractivity contribution < 1.29 is 4.79 Å². The van der Waals surface area contributed by atoms with Crippen LogP contribution in [-0.4, -0.2) is 35.9 Å². The third-order valence-electron chi connectivity index (χ3n) is 1.64. The van der Waals surface area contributed by atoms with Crippen LogP contribution in [0.2, 0.25) is 0 Å². The van der Waals surface area contributed by atoms with Crippen LogP contribution < -0.4 is 0 Å². The zero-order chi connectivity index (χ0) is 9.40. The summed E-state index contributed by atoms with van der Waals surface area (Å²) < 4.78 is 0. The van der Waals surface area contributed by atoms with Crippen LogP contribution in [0.4, 0.5) is 0 Å². The van der Waals surface area contributed by atoms with Gasteiger partial charge in [0.15, 0.2) is 0 Å². The van der Waals surface area contributed by atoms with Crippen molar-refractivity contribution in [3.8, 4) is 0 Å². The lowest BCUT2D eigenvalue weighted by Gasteiger charge is -2.18. The van der Waals surface area contributed by atoms with Crippen LogP contribution in [-0.2, 0) is 4.79 Å². The fourth-order valence-electron chi connectivity index (χ4n) is 0.953. The highest BCUT2D eigenvalue weighted by Crippen LogP contribution is 1.99. The SMILES string of the molecule is C=CC(=O)N(CC)CCCSC. The van der Waals surface area contributed by atoms with E-state index in [0.717, 1.165) is 25.3 Å². The van der Waals surface area contributed by atoms with Gasteiger partial charge in [0.05, 0.1) is 0 Å². The summed E-state index contributed by atoms with van der Waals surface area (Å²) >= 11 is 1.81. The third kappa shape index (κ3) is 4.44. The van der Waals surface area contributed by atoms with Gasteiger partial charge in [-0.3, -0.25) is 4.79 Å². The molecule has 3 heteroatoms. The lowest BCUT2D eigenvalue weighted by molar-refractivity contribution is -0.125. The Morgan fingerprint density at radius 1 is 1.67 bits per heavy atom. The molecule has 0 saturated carbocycles. The Morgan fingerprint density at radius 3 is 2.75 bits per heavy atom. The molecule has 0 saturated heterocycles. The zero-order valence-electron chi connectivity index (χ0n) is 7.88. The minimum absolute atomic E-state index is 0.0404. The number of amides is 1. The van der Waals surface area contributed by atoms with E-state index in [9.17, 15) is 4.79 Å². The predicted octanol–water partition coefficient (Wildman–Crippen LogP) is 1.77. The minimum atomic E-state index is 0.0404. The first-order chi connectivity index (χ1) is 5.76. The second-order valence-corrected chi connectivity index (χ2v) is 3.45. The smallest absolute Gasteiger partial charge is 0.245 e. The molecule has 0 unspecified atom stereocenters. The molecule has 0 aromatic heterocycles. The Morgan fingerprint density at radius 2 is 2.33 bits per heavy atom. The second-order valence-electron chi connectivity index (χ2n) is 2.47. The van der Waals surface area contributed by atoms with Crippen molar-refractivity contribution >= 4 is 17.7 Å². The van der Waals surface area contributed by atoms with E-state index in [1.807, 2.05) is 23.6 Å². The van der Waals surface area contributed by atoms with Crippen LogP contribution in [0.3, 0.4) is 0 Å². The van der Waals surface area contributed by atoms with E-state index in [-0.39, 0.29) is 5.91 Å². The molecule has 0 aliphatic carbocycles. The maximum atomic E-state index is 11.1. The van der Waals surface area contributed by atoms with E-state index in [0.29, 0.717) is 0 Å². The number of rotatable bonds is 6. The highest BCUT2D eigenvalue weighted by molar-refractivity contribution is 7.98. The van der Waals surface area contributed by atoms with Gasteiger partial charge >= 0.3 is 0 Å². The van der Waals surface area contributed by atoms with Gasteiger partial charge < -0.3 is 4.90 Å². The van der Waals surface area contributed by atoms with E-state index >= 15 is 0 Å². The number of likely N-dealkylation sites (N-methyl/N-ethyl adjacent to an activating group) is 1. The molecule has 0 N–H and O–H groups in total. The van der Waals surface area contributed by atoms with E-state index in [2.05, 4.69) is 12.8 Å². The molecule has 0 fully saturated rings. The fraction of sp³-hybridized carbons (Fsp3) is 0.667. The van der Waals surface area contributed by atoms with E-state index < -0.39 is 0 Å². The molecule has 0 bridgehead atoms. The summed E-state index contributed by atoms with van der Waals surface area (Å²) in [5.74, 6) is 1.15. The number of thioether (sulfide) groups is 1. The molecule has 2 nitrogen and oxygen atoms in total. The molecule has 0 aromatic carbocycles. The molecule has 0 atom stereocenters. The van der Waals surface area contributed by atoms with Crippen molar-refractivity contribution in [2.24, 2.45) is 0 Å². The van der Waals surface area contributed by atoms with Crippen molar-refractivity contribution in [2.75, 3.05) is 25.1 Å².